The standard InChI is InChI=1S/C25H29N5O3.ClH/c1-16-20-13-19(30(18-9-5-6-10-18)25(33)28-15-23(31)32)11-12-21(20)29-22(16)14-27-24(26)17-7-3-2-4-8-17;/h2-4,7-8,11-13,18,29H,5-6,9-10,14-15H2,1H3,(H2,26,27)(H,28,33)(H,31,32);1H. The summed E-state index contributed by atoms with van der Waals surface area (Å²) in [7, 11) is 0. The van der Waals surface area contributed by atoms with Gasteiger partial charge in [-0.1, -0.05) is 43.2 Å². The normalized spacial score (nSPS) is 14.1. The summed E-state index contributed by atoms with van der Waals surface area (Å²) >= 11 is 0. The molecular formula is C25H30ClN5O3. The van der Waals surface area contributed by atoms with Crippen LogP contribution in [0.4, 0.5) is 10.5 Å². The van der Waals surface area contributed by atoms with E-state index in [0.717, 1.165) is 59.1 Å². The lowest BCUT2D eigenvalue weighted by Gasteiger charge is -2.29. The number of H-pyrrole nitrogens is 1. The molecule has 4 rings (SSSR count). The number of carbonyl (C=O) groups is 2. The van der Waals surface area contributed by atoms with Crippen LogP contribution in [-0.4, -0.2) is 40.5 Å². The Morgan fingerprint density at radius 3 is 2.56 bits per heavy atom. The molecule has 0 bridgehead atoms. The summed E-state index contributed by atoms with van der Waals surface area (Å²) in [5.41, 5.74) is 10.8. The van der Waals surface area contributed by atoms with Gasteiger partial charge in [0.05, 0.1) is 6.54 Å². The highest BCUT2D eigenvalue weighted by Gasteiger charge is 2.28. The lowest BCUT2D eigenvalue weighted by Crippen LogP contribution is -2.46. The van der Waals surface area contributed by atoms with Gasteiger partial charge in [-0.25, -0.2) is 4.79 Å². The number of benzene rings is 2. The van der Waals surface area contributed by atoms with Crippen LogP contribution in [0.2, 0.25) is 0 Å². The Kier molecular flexibility index (Phi) is 8.17. The van der Waals surface area contributed by atoms with Crippen molar-refractivity contribution in [1.82, 2.24) is 10.3 Å². The van der Waals surface area contributed by atoms with Gasteiger partial charge in [0.15, 0.2) is 0 Å². The minimum atomic E-state index is -1.06. The Balaban J connectivity index is 0.00000324. The van der Waals surface area contributed by atoms with Gasteiger partial charge < -0.3 is 21.1 Å². The number of halogens is 1. The van der Waals surface area contributed by atoms with E-state index in [1.54, 1.807) is 4.90 Å². The average molecular weight is 484 g/mol. The van der Waals surface area contributed by atoms with E-state index >= 15 is 0 Å². The number of hydrogen-bond donors (Lipinski definition) is 4. The Hall–Kier alpha value is -3.52. The number of carboxylic acid groups (broad SMARTS) is 1. The maximum absolute atomic E-state index is 12.9. The third-order valence-corrected chi connectivity index (χ3v) is 6.20. The van der Waals surface area contributed by atoms with E-state index in [9.17, 15) is 9.59 Å². The molecule has 1 saturated carbocycles. The van der Waals surface area contributed by atoms with Crippen LogP contribution in [0.15, 0.2) is 53.5 Å². The van der Waals surface area contributed by atoms with E-state index in [4.69, 9.17) is 10.8 Å². The van der Waals surface area contributed by atoms with Crippen molar-refractivity contribution in [2.45, 2.75) is 45.2 Å². The number of carboxylic acids is 1. The van der Waals surface area contributed by atoms with E-state index in [2.05, 4.69) is 15.3 Å². The maximum Gasteiger partial charge on any atom is 0.323 e. The zero-order valence-electron chi connectivity index (χ0n) is 19.1. The van der Waals surface area contributed by atoms with Crippen LogP contribution in [0.5, 0.6) is 0 Å². The van der Waals surface area contributed by atoms with E-state index in [1.165, 1.54) is 0 Å². The van der Waals surface area contributed by atoms with Crippen molar-refractivity contribution in [1.29, 1.82) is 0 Å². The van der Waals surface area contributed by atoms with E-state index < -0.39 is 12.5 Å². The van der Waals surface area contributed by atoms with E-state index in [1.807, 2.05) is 55.5 Å². The quantitative estimate of drug-likeness (QED) is 0.294. The number of aliphatic carboxylic acids is 1. The van der Waals surface area contributed by atoms with Gasteiger partial charge >= 0.3 is 12.0 Å². The van der Waals surface area contributed by atoms with E-state index in [0.29, 0.717) is 12.4 Å². The second kappa shape index (κ2) is 11.1. The van der Waals surface area contributed by atoms with Crippen molar-refractivity contribution in [2.75, 3.05) is 11.4 Å². The Bertz CT molecular complexity index is 1190. The number of nitrogens with one attached hydrogen (secondary N) is 2. The summed E-state index contributed by atoms with van der Waals surface area (Å²) in [4.78, 5) is 33.5. The smallest absolute Gasteiger partial charge is 0.323 e. The number of carbonyl (C=O) groups excluding carboxylic acids is 1. The van der Waals surface area contributed by atoms with Crippen molar-refractivity contribution in [2.24, 2.45) is 10.7 Å². The number of aromatic amines is 1. The van der Waals surface area contributed by atoms with Crippen molar-refractivity contribution >= 4 is 46.8 Å². The monoisotopic (exact) mass is 483 g/mol. The minimum Gasteiger partial charge on any atom is -0.480 e. The highest BCUT2D eigenvalue weighted by Crippen LogP contribution is 2.32. The molecule has 2 amide bonds. The second-order valence-corrected chi connectivity index (χ2v) is 8.39. The highest BCUT2D eigenvalue weighted by molar-refractivity contribution is 5.98. The molecule has 1 aliphatic carbocycles. The number of amidine groups is 1. The predicted molar refractivity (Wildman–Crippen MR) is 137 cm³/mol. The third-order valence-electron chi connectivity index (χ3n) is 6.20. The number of aryl methyl sites for hydroxylation is 1. The van der Waals surface area contributed by atoms with Gasteiger partial charge in [0.2, 0.25) is 0 Å². The minimum absolute atomic E-state index is 0. The molecule has 8 nitrogen and oxygen atoms in total. The number of nitrogens with two attached hydrogens (primary N) is 1. The van der Waals surface area contributed by atoms with Gasteiger partial charge in [-0.3, -0.25) is 14.7 Å². The first-order valence-electron chi connectivity index (χ1n) is 11.2. The van der Waals surface area contributed by atoms with Crippen LogP contribution in [0.3, 0.4) is 0 Å². The molecule has 2 aromatic carbocycles. The van der Waals surface area contributed by atoms with Gasteiger partial charge in [0, 0.05) is 33.9 Å². The zero-order valence-corrected chi connectivity index (χ0v) is 19.9. The number of amides is 2. The number of rotatable bonds is 7. The number of aromatic nitrogens is 1. The Labute approximate surface area is 204 Å². The largest absolute Gasteiger partial charge is 0.480 e. The zero-order chi connectivity index (χ0) is 23.4. The topological polar surface area (TPSA) is 124 Å². The molecule has 3 aromatic rings. The van der Waals surface area contributed by atoms with Crippen LogP contribution >= 0.6 is 12.4 Å². The van der Waals surface area contributed by atoms with Gasteiger partial charge in [-0.15, -0.1) is 12.4 Å². The Morgan fingerprint density at radius 2 is 1.88 bits per heavy atom. The fraction of sp³-hybridized carbons (Fsp3) is 0.320. The summed E-state index contributed by atoms with van der Waals surface area (Å²) < 4.78 is 0. The molecule has 180 valence electrons. The molecule has 0 unspecified atom stereocenters. The third kappa shape index (κ3) is 5.51. The Morgan fingerprint density at radius 1 is 1.18 bits per heavy atom. The van der Waals surface area contributed by atoms with Crippen LogP contribution in [0.25, 0.3) is 10.9 Å². The number of urea groups is 1. The first kappa shape index (κ1) is 25.1. The van der Waals surface area contributed by atoms with Crippen LogP contribution < -0.4 is 16.0 Å². The molecule has 5 N–H and O–H groups in total. The summed E-state index contributed by atoms with van der Waals surface area (Å²) in [6.07, 6.45) is 3.93. The van der Waals surface area contributed by atoms with Crippen molar-refractivity contribution < 1.29 is 14.7 Å². The lowest BCUT2D eigenvalue weighted by molar-refractivity contribution is -0.135. The first-order valence-corrected chi connectivity index (χ1v) is 11.2. The lowest BCUT2D eigenvalue weighted by atomic mass is 10.1. The second-order valence-electron chi connectivity index (χ2n) is 8.39. The summed E-state index contributed by atoms with van der Waals surface area (Å²) in [6, 6.07) is 15.2. The van der Waals surface area contributed by atoms with Crippen LogP contribution in [0.1, 0.15) is 42.5 Å². The fourth-order valence-corrected chi connectivity index (χ4v) is 4.44. The SMILES string of the molecule is Cc1c(CN=C(N)c2ccccc2)[nH]c2ccc(N(C(=O)NCC(=O)O)C3CCCC3)cc12.Cl. The van der Waals surface area contributed by atoms with Gasteiger partial charge in [-0.2, -0.15) is 0 Å². The summed E-state index contributed by atoms with van der Waals surface area (Å²) in [5, 5.41) is 12.5. The van der Waals surface area contributed by atoms with Crippen molar-refractivity contribution in [3.05, 3.63) is 65.4 Å². The molecule has 0 atom stereocenters. The molecule has 34 heavy (non-hydrogen) atoms. The molecule has 1 heterocycles. The van der Waals surface area contributed by atoms with Crippen LogP contribution in [-0.2, 0) is 11.3 Å². The van der Waals surface area contributed by atoms with E-state index in [-0.39, 0.29) is 24.5 Å². The molecule has 0 spiro atoms. The summed E-state index contributed by atoms with van der Waals surface area (Å²) in [5.74, 6) is -0.580. The molecule has 1 fully saturated rings. The summed E-state index contributed by atoms with van der Waals surface area (Å²) in [6.45, 7) is 2.04. The molecule has 0 radical (unpaired) electrons. The number of hydrogen-bond acceptors (Lipinski definition) is 3. The van der Waals surface area contributed by atoms with Crippen LogP contribution in [0, 0.1) is 6.92 Å². The van der Waals surface area contributed by atoms with Crippen molar-refractivity contribution in [3.8, 4) is 0 Å². The number of nitrogens with zero attached hydrogens (tertiary/aromatic N) is 2. The molecular weight excluding hydrogens is 454 g/mol. The van der Waals surface area contributed by atoms with Gasteiger partial charge in [0.1, 0.15) is 12.4 Å². The maximum atomic E-state index is 12.9. The molecule has 0 saturated heterocycles. The molecule has 1 aliphatic rings. The van der Waals surface area contributed by atoms with Gasteiger partial charge in [-0.05, 0) is 43.5 Å². The molecule has 9 heteroatoms. The molecule has 0 aliphatic heterocycles. The predicted octanol–water partition coefficient (Wildman–Crippen LogP) is 4.35. The average Bonchev–Trinajstić information content (AvgIpc) is 3.45. The number of anilines is 1. The highest BCUT2D eigenvalue weighted by atomic mass is 35.5. The fourth-order valence-electron chi connectivity index (χ4n) is 4.44. The van der Waals surface area contributed by atoms with Gasteiger partial charge in [0.25, 0.3) is 0 Å². The van der Waals surface area contributed by atoms with Crippen molar-refractivity contribution in [3.63, 3.8) is 0 Å². The number of aliphatic imine (C=N–C) groups is 1. The number of fused-ring (bicyclic) bond motifs is 1. The molecule has 1 aromatic heterocycles. The first-order chi connectivity index (χ1) is 15.9.